The summed E-state index contributed by atoms with van der Waals surface area (Å²) in [6.07, 6.45) is 0. The van der Waals surface area contributed by atoms with Crippen LogP contribution in [0.5, 0.6) is 0 Å². The van der Waals surface area contributed by atoms with Crippen molar-refractivity contribution in [2.45, 2.75) is 13.0 Å². The maximum Gasteiger partial charge on any atom is 0.309 e. The summed E-state index contributed by atoms with van der Waals surface area (Å²) >= 11 is 0. The molecule has 1 aromatic carbocycles. The predicted molar refractivity (Wildman–Crippen MR) is 88.9 cm³/mol. The van der Waals surface area contributed by atoms with Crippen molar-refractivity contribution in [1.82, 2.24) is 15.5 Å². The lowest BCUT2D eigenvalue weighted by Gasteiger charge is -2.25. The van der Waals surface area contributed by atoms with E-state index in [1.807, 2.05) is 62.3 Å². The third kappa shape index (κ3) is 5.04. The smallest absolute Gasteiger partial charge is 0.309 e. The number of hydrogen-bond acceptors (Lipinski definition) is 4. The number of carbonyl (C=O) groups excluding carboxylic acids is 2. The number of rotatable bonds is 6. The van der Waals surface area contributed by atoms with E-state index in [4.69, 9.17) is 0 Å². The lowest BCUT2D eigenvalue weighted by Crippen LogP contribution is -2.43. The Morgan fingerprint density at radius 1 is 1.00 bits per heavy atom. The van der Waals surface area contributed by atoms with Crippen LogP contribution in [0.1, 0.15) is 18.5 Å². The zero-order valence-electron chi connectivity index (χ0n) is 14.0. The van der Waals surface area contributed by atoms with Crippen LogP contribution in [0.4, 0.5) is 5.69 Å². The van der Waals surface area contributed by atoms with Crippen LogP contribution in [0.2, 0.25) is 0 Å². The Hall–Kier alpha value is -2.08. The van der Waals surface area contributed by atoms with E-state index in [1.165, 1.54) is 0 Å². The van der Waals surface area contributed by atoms with Crippen molar-refractivity contribution < 1.29 is 9.59 Å². The summed E-state index contributed by atoms with van der Waals surface area (Å²) in [5.74, 6) is -1.19. The van der Waals surface area contributed by atoms with E-state index in [2.05, 4.69) is 10.6 Å². The summed E-state index contributed by atoms with van der Waals surface area (Å²) in [5, 5.41) is 5.17. The van der Waals surface area contributed by atoms with E-state index < -0.39 is 11.8 Å². The Labute approximate surface area is 132 Å². The Morgan fingerprint density at radius 2 is 1.55 bits per heavy atom. The fraction of sp³-hybridized carbons (Fsp3) is 0.500. The lowest BCUT2D eigenvalue weighted by atomic mass is 10.1. The second-order valence-corrected chi connectivity index (χ2v) is 5.53. The van der Waals surface area contributed by atoms with E-state index in [1.54, 1.807) is 6.92 Å². The highest BCUT2D eigenvalue weighted by atomic mass is 16.2. The SMILES string of the molecule is CCNC(=O)C(=O)NC[C@H](c1ccc(N(C)C)cc1)N(C)C. The number of likely N-dealkylation sites (N-methyl/N-ethyl adjacent to an activating group) is 2. The number of carbonyl (C=O) groups is 2. The minimum Gasteiger partial charge on any atom is -0.378 e. The third-order valence-corrected chi connectivity index (χ3v) is 3.42. The molecular formula is C16H26N4O2. The highest BCUT2D eigenvalue weighted by molar-refractivity contribution is 6.35. The van der Waals surface area contributed by atoms with Crippen molar-refractivity contribution in [3.8, 4) is 0 Å². The molecule has 6 nitrogen and oxygen atoms in total. The molecule has 22 heavy (non-hydrogen) atoms. The molecule has 0 bridgehead atoms. The summed E-state index contributed by atoms with van der Waals surface area (Å²) in [7, 11) is 7.88. The number of amides is 2. The van der Waals surface area contributed by atoms with Crippen molar-refractivity contribution in [2.24, 2.45) is 0 Å². The van der Waals surface area contributed by atoms with Gasteiger partial charge in [-0.1, -0.05) is 12.1 Å². The van der Waals surface area contributed by atoms with Crippen molar-refractivity contribution in [3.63, 3.8) is 0 Å². The van der Waals surface area contributed by atoms with Gasteiger partial charge in [0.25, 0.3) is 0 Å². The first-order valence-electron chi connectivity index (χ1n) is 7.36. The molecule has 0 fully saturated rings. The first-order chi connectivity index (χ1) is 10.4. The molecule has 0 aliphatic carbocycles. The highest BCUT2D eigenvalue weighted by Crippen LogP contribution is 2.20. The Balaban J connectivity index is 2.73. The molecule has 1 rings (SSSR count). The van der Waals surface area contributed by atoms with Gasteiger partial charge in [-0.05, 0) is 38.7 Å². The molecule has 6 heteroatoms. The maximum atomic E-state index is 11.7. The van der Waals surface area contributed by atoms with Gasteiger partial charge in [0.15, 0.2) is 0 Å². The van der Waals surface area contributed by atoms with Crippen LogP contribution in [-0.4, -0.2) is 58.0 Å². The topological polar surface area (TPSA) is 64.7 Å². The molecule has 0 unspecified atom stereocenters. The van der Waals surface area contributed by atoms with Crippen LogP contribution in [0, 0.1) is 0 Å². The number of nitrogens with one attached hydrogen (secondary N) is 2. The van der Waals surface area contributed by atoms with Gasteiger partial charge in [0.05, 0.1) is 6.04 Å². The van der Waals surface area contributed by atoms with E-state index in [0.29, 0.717) is 13.1 Å². The molecule has 0 saturated heterocycles. The average molecular weight is 306 g/mol. The first-order valence-corrected chi connectivity index (χ1v) is 7.36. The average Bonchev–Trinajstić information content (AvgIpc) is 2.47. The molecule has 0 saturated carbocycles. The molecule has 122 valence electrons. The fourth-order valence-electron chi connectivity index (χ4n) is 2.10. The van der Waals surface area contributed by atoms with Crippen molar-refractivity contribution >= 4 is 17.5 Å². The first kappa shape index (κ1) is 18.0. The van der Waals surface area contributed by atoms with Crippen LogP contribution in [-0.2, 0) is 9.59 Å². The van der Waals surface area contributed by atoms with Gasteiger partial charge in [0.1, 0.15) is 0 Å². The standard InChI is InChI=1S/C16H26N4O2/c1-6-17-15(21)16(22)18-11-14(20(4)5)12-7-9-13(10-8-12)19(2)3/h7-10,14H,6,11H2,1-5H3,(H,17,21)(H,18,22)/t14-/m1/s1. The minimum atomic E-state index is -0.599. The predicted octanol–water partition coefficient (Wildman–Crippen LogP) is 0.608. The van der Waals surface area contributed by atoms with E-state index in [-0.39, 0.29) is 6.04 Å². The van der Waals surface area contributed by atoms with Gasteiger partial charge < -0.3 is 20.4 Å². The van der Waals surface area contributed by atoms with E-state index in [9.17, 15) is 9.59 Å². The monoisotopic (exact) mass is 306 g/mol. The second-order valence-electron chi connectivity index (χ2n) is 5.53. The highest BCUT2D eigenvalue weighted by Gasteiger charge is 2.18. The van der Waals surface area contributed by atoms with Gasteiger partial charge in [-0.15, -0.1) is 0 Å². The Bertz CT molecular complexity index is 497. The summed E-state index contributed by atoms with van der Waals surface area (Å²) in [6, 6.07) is 8.17. The van der Waals surface area contributed by atoms with Gasteiger partial charge in [-0.25, -0.2) is 0 Å². The summed E-state index contributed by atoms with van der Waals surface area (Å²) in [6.45, 7) is 2.60. The molecule has 1 atom stereocenters. The van der Waals surface area contributed by atoms with Crippen molar-refractivity contribution in [3.05, 3.63) is 29.8 Å². The molecule has 0 aromatic heterocycles. The molecule has 1 aromatic rings. The quantitative estimate of drug-likeness (QED) is 0.756. The van der Waals surface area contributed by atoms with Crippen molar-refractivity contribution in [1.29, 1.82) is 0 Å². The number of anilines is 1. The van der Waals surface area contributed by atoms with Crippen LogP contribution >= 0.6 is 0 Å². The molecule has 0 spiro atoms. The molecule has 0 heterocycles. The van der Waals surface area contributed by atoms with Crippen molar-refractivity contribution in [2.75, 3.05) is 46.2 Å². The van der Waals surface area contributed by atoms with Crippen LogP contribution in [0.3, 0.4) is 0 Å². The van der Waals surface area contributed by atoms with Crippen LogP contribution < -0.4 is 15.5 Å². The zero-order valence-corrected chi connectivity index (χ0v) is 14.0. The number of nitrogens with zero attached hydrogens (tertiary/aromatic N) is 2. The summed E-state index contributed by atoms with van der Waals surface area (Å²) < 4.78 is 0. The van der Waals surface area contributed by atoms with Gasteiger partial charge in [0.2, 0.25) is 0 Å². The van der Waals surface area contributed by atoms with Gasteiger partial charge in [-0.2, -0.15) is 0 Å². The summed E-state index contributed by atoms with van der Waals surface area (Å²) in [4.78, 5) is 27.2. The normalized spacial score (nSPS) is 11.9. The minimum absolute atomic E-state index is 0.00888. The third-order valence-electron chi connectivity index (χ3n) is 3.42. The number of benzene rings is 1. The number of hydrogen-bond donors (Lipinski definition) is 2. The molecule has 0 aliphatic rings. The fourth-order valence-corrected chi connectivity index (χ4v) is 2.10. The molecule has 2 N–H and O–H groups in total. The Kier molecular flexibility index (Phi) is 6.85. The Morgan fingerprint density at radius 3 is 2.00 bits per heavy atom. The van der Waals surface area contributed by atoms with E-state index in [0.717, 1.165) is 11.3 Å². The molecular weight excluding hydrogens is 280 g/mol. The van der Waals surface area contributed by atoms with Crippen LogP contribution in [0.25, 0.3) is 0 Å². The van der Waals surface area contributed by atoms with E-state index >= 15 is 0 Å². The zero-order chi connectivity index (χ0) is 16.7. The van der Waals surface area contributed by atoms with Crippen LogP contribution in [0.15, 0.2) is 24.3 Å². The second kappa shape index (κ2) is 8.38. The van der Waals surface area contributed by atoms with Gasteiger partial charge in [0, 0.05) is 32.9 Å². The largest absolute Gasteiger partial charge is 0.378 e. The lowest BCUT2D eigenvalue weighted by molar-refractivity contribution is -0.139. The molecule has 0 aliphatic heterocycles. The van der Waals surface area contributed by atoms with Gasteiger partial charge >= 0.3 is 11.8 Å². The molecule has 0 radical (unpaired) electrons. The van der Waals surface area contributed by atoms with Gasteiger partial charge in [-0.3, -0.25) is 9.59 Å². The maximum absolute atomic E-state index is 11.7. The molecule has 2 amide bonds. The summed E-state index contributed by atoms with van der Waals surface area (Å²) in [5.41, 5.74) is 2.21.